The van der Waals surface area contributed by atoms with Crippen LogP contribution < -0.4 is 4.90 Å². The standard InChI is InChI=1S/C17H16ClN7O4S/c18-14-2-1-13(25(26)27)11-15(14)30(28,29)24-9-7-22(8-10-24)16-3-4-17(21-20-16)23-6-5-19-12-23/h1-6,11-12H,7-10H2. The van der Waals surface area contributed by atoms with Gasteiger partial charge in [0.2, 0.25) is 10.0 Å². The summed E-state index contributed by atoms with van der Waals surface area (Å²) >= 11 is 6.02. The molecule has 30 heavy (non-hydrogen) atoms. The summed E-state index contributed by atoms with van der Waals surface area (Å²) in [5.41, 5.74) is -0.329. The van der Waals surface area contributed by atoms with Crippen LogP contribution in [0.25, 0.3) is 5.82 Å². The molecule has 0 bridgehead atoms. The molecule has 0 saturated carbocycles. The van der Waals surface area contributed by atoms with Crippen LogP contribution in [0.15, 0.2) is 53.9 Å². The van der Waals surface area contributed by atoms with Gasteiger partial charge in [-0.05, 0) is 18.2 Å². The van der Waals surface area contributed by atoms with E-state index >= 15 is 0 Å². The first kappa shape index (κ1) is 20.2. The average molecular weight is 450 g/mol. The normalized spacial score (nSPS) is 15.3. The highest BCUT2D eigenvalue weighted by Gasteiger charge is 2.31. The first-order valence-electron chi connectivity index (χ1n) is 8.87. The van der Waals surface area contributed by atoms with Crippen molar-refractivity contribution in [3.8, 4) is 5.82 Å². The third kappa shape index (κ3) is 3.84. The molecule has 156 valence electrons. The molecule has 3 aromatic rings. The molecular formula is C17H16ClN7O4S. The number of piperazine rings is 1. The van der Waals surface area contributed by atoms with Crippen LogP contribution in [-0.2, 0) is 10.0 Å². The summed E-state index contributed by atoms with van der Waals surface area (Å²) in [6, 6.07) is 7.00. The summed E-state index contributed by atoms with van der Waals surface area (Å²) < 4.78 is 28.9. The lowest BCUT2D eigenvalue weighted by molar-refractivity contribution is -0.385. The Labute approximate surface area is 176 Å². The Morgan fingerprint density at radius 3 is 2.33 bits per heavy atom. The van der Waals surface area contributed by atoms with E-state index in [0.29, 0.717) is 24.7 Å². The topological polar surface area (TPSA) is 127 Å². The molecule has 4 rings (SSSR count). The van der Waals surface area contributed by atoms with Gasteiger partial charge in [-0.3, -0.25) is 14.7 Å². The molecule has 0 aliphatic carbocycles. The Kier molecular flexibility index (Phi) is 5.37. The molecule has 13 heteroatoms. The van der Waals surface area contributed by atoms with Crippen molar-refractivity contribution in [2.45, 2.75) is 4.90 Å². The Balaban J connectivity index is 1.48. The minimum absolute atomic E-state index is 0.0519. The number of nitro groups is 1. The van der Waals surface area contributed by atoms with Crippen molar-refractivity contribution in [1.82, 2.24) is 24.1 Å². The van der Waals surface area contributed by atoms with E-state index in [1.54, 1.807) is 29.4 Å². The molecule has 3 heterocycles. The van der Waals surface area contributed by atoms with Crippen molar-refractivity contribution in [1.29, 1.82) is 0 Å². The number of anilines is 1. The Morgan fingerprint density at radius 1 is 1.03 bits per heavy atom. The zero-order chi connectivity index (χ0) is 21.3. The molecule has 11 nitrogen and oxygen atoms in total. The molecule has 0 unspecified atom stereocenters. The minimum Gasteiger partial charge on any atom is -0.352 e. The van der Waals surface area contributed by atoms with E-state index in [-0.39, 0.29) is 28.7 Å². The lowest BCUT2D eigenvalue weighted by atomic mass is 10.3. The van der Waals surface area contributed by atoms with Crippen molar-refractivity contribution in [2.75, 3.05) is 31.1 Å². The van der Waals surface area contributed by atoms with Gasteiger partial charge < -0.3 is 4.90 Å². The Hall–Kier alpha value is -3.09. The van der Waals surface area contributed by atoms with Gasteiger partial charge in [0.15, 0.2) is 11.6 Å². The van der Waals surface area contributed by atoms with Gasteiger partial charge in [-0.15, -0.1) is 10.2 Å². The minimum atomic E-state index is -3.97. The van der Waals surface area contributed by atoms with Gasteiger partial charge in [0.1, 0.15) is 11.2 Å². The fourth-order valence-corrected chi connectivity index (χ4v) is 5.04. The molecule has 0 radical (unpaired) electrons. The molecule has 1 aliphatic heterocycles. The second kappa shape index (κ2) is 7.97. The molecule has 0 atom stereocenters. The van der Waals surface area contributed by atoms with Gasteiger partial charge in [0.25, 0.3) is 5.69 Å². The highest BCUT2D eigenvalue weighted by Crippen LogP contribution is 2.29. The quantitative estimate of drug-likeness (QED) is 0.425. The zero-order valence-corrected chi connectivity index (χ0v) is 17.1. The van der Waals surface area contributed by atoms with Gasteiger partial charge in [-0.25, -0.2) is 13.4 Å². The molecule has 2 aromatic heterocycles. The largest absolute Gasteiger partial charge is 0.352 e. The number of hydrogen-bond donors (Lipinski definition) is 0. The molecule has 1 fully saturated rings. The zero-order valence-electron chi connectivity index (χ0n) is 15.5. The van der Waals surface area contributed by atoms with Crippen LogP contribution in [0.5, 0.6) is 0 Å². The predicted octanol–water partition coefficient (Wildman–Crippen LogP) is 1.73. The maximum absolute atomic E-state index is 13.0. The lowest BCUT2D eigenvalue weighted by Crippen LogP contribution is -2.49. The lowest BCUT2D eigenvalue weighted by Gasteiger charge is -2.34. The molecule has 0 N–H and O–H groups in total. The number of rotatable bonds is 5. The Morgan fingerprint density at radius 2 is 1.73 bits per heavy atom. The van der Waals surface area contributed by atoms with Crippen LogP contribution in [0.3, 0.4) is 0 Å². The van der Waals surface area contributed by atoms with E-state index in [0.717, 1.165) is 6.07 Å². The van der Waals surface area contributed by atoms with E-state index in [1.807, 2.05) is 11.0 Å². The highest BCUT2D eigenvalue weighted by molar-refractivity contribution is 7.89. The van der Waals surface area contributed by atoms with Crippen LogP contribution in [0, 0.1) is 10.1 Å². The monoisotopic (exact) mass is 449 g/mol. The average Bonchev–Trinajstić information content (AvgIpc) is 3.29. The van der Waals surface area contributed by atoms with E-state index in [9.17, 15) is 18.5 Å². The SMILES string of the molecule is O=[N+]([O-])c1ccc(Cl)c(S(=O)(=O)N2CCN(c3ccc(-n4ccnc4)nn3)CC2)c1. The van der Waals surface area contributed by atoms with E-state index in [2.05, 4.69) is 15.2 Å². The summed E-state index contributed by atoms with van der Waals surface area (Å²) in [5, 5.41) is 19.3. The van der Waals surface area contributed by atoms with Crippen molar-refractivity contribution in [2.24, 2.45) is 0 Å². The molecule has 1 saturated heterocycles. The third-order valence-electron chi connectivity index (χ3n) is 4.71. The van der Waals surface area contributed by atoms with Gasteiger partial charge in [0, 0.05) is 50.7 Å². The van der Waals surface area contributed by atoms with E-state index in [1.165, 1.54) is 16.4 Å². The second-order valence-corrected chi connectivity index (χ2v) is 8.80. The summed E-state index contributed by atoms with van der Waals surface area (Å²) in [6.45, 7) is 1.16. The first-order chi connectivity index (χ1) is 14.4. The number of sulfonamides is 1. The maximum atomic E-state index is 13.0. The number of nitrogens with zero attached hydrogens (tertiary/aromatic N) is 7. The van der Waals surface area contributed by atoms with Crippen molar-refractivity contribution >= 4 is 33.1 Å². The third-order valence-corrected chi connectivity index (χ3v) is 7.09. The summed E-state index contributed by atoms with van der Waals surface area (Å²) in [4.78, 5) is 16.0. The molecule has 1 aliphatic rings. The van der Waals surface area contributed by atoms with E-state index in [4.69, 9.17) is 11.6 Å². The first-order valence-corrected chi connectivity index (χ1v) is 10.7. The van der Waals surface area contributed by atoms with Crippen molar-refractivity contribution < 1.29 is 13.3 Å². The van der Waals surface area contributed by atoms with Crippen LogP contribution in [0.1, 0.15) is 0 Å². The number of nitro benzene ring substituents is 1. The number of aromatic nitrogens is 4. The van der Waals surface area contributed by atoms with Crippen LogP contribution >= 0.6 is 11.6 Å². The number of hydrogen-bond acceptors (Lipinski definition) is 8. The molecule has 0 spiro atoms. The smallest absolute Gasteiger partial charge is 0.270 e. The maximum Gasteiger partial charge on any atom is 0.270 e. The fourth-order valence-electron chi connectivity index (χ4n) is 3.12. The Bertz CT molecular complexity index is 1160. The molecule has 0 amide bonds. The summed E-state index contributed by atoms with van der Waals surface area (Å²) in [6.07, 6.45) is 5.02. The van der Waals surface area contributed by atoms with Crippen LogP contribution in [0.4, 0.5) is 11.5 Å². The van der Waals surface area contributed by atoms with Gasteiger partial charge in [-0.1, -0.05) is 11.6 Å². The number of benzene rings is 1. The summed E-state index contributed by atoms with van der Waals surface area (Å²) in [5.74, 6) is 1.25. The molecule has 1 aromatic carbocycles. The van der Waals surface area contributed by atoms with Gasteiger partial charge >= 0.3 is 0 Å². The predicted molar refractivity (Wildman–Crippen MR) is 108 cm³/mol. The van der Waals surface area contributed by atoms with Gasteiger partial charge in [-0.2, -0.15) is 4.31 Å². The second-order valence-electron chi connectivity index (χ2n) is 6.48. The summed E-state index contributed by atoms with van der Waals surface area (Å²) in [7, 11) is -3.97. The van der Waals surface area contributed by atoms with Crippen molar-refractivity contribution in [3.63, 3.8) is 0 Å². The highest BCUT2D eigenvalue weighted by atomic mass is 35.5. The fraction of sp³-hybridized carbons (Fsp3) is 0.235. The van der Waals surface area contributed by atoms with Crippen LogP contribution in [-0.4, -0.2) is 63.6 Å². The van der Waals surface area contributed by atoms with Gasteiger partial charge in [0.05, 0.1) is 9.95 Å². The number of imidazole rings is 1. The van der Waals surface area contributed by atoms with E-state index < -0.39 is 14.9 Å². The number of halogens is 1. The molecular weight excluding hydrogens is 434 g/mol. The van der Waals surface area contributed by atoms with Crippen molar-refractivity contribution in [3.05, 3.63) is 64.2 Å². The van der Waals surface area contributed by atoms with Crippen LogP contribution in [0.2, 0.25) is 5.02 Å². The number of non-ortho nitro benzene ring substituents is 1.